The first-order valence-corrected chi connectivity index (χ1v) is 12.7. The number of benzene rings is 1. The number of aromatic nitrogens is 1. The molecule has 1 saturated heterocycles. The molecule has 7 nitrogen and oxygen atoms in total. The number of hydrogen-bond donors (Lipinski definition) is 3. The van der Waals surface area contributed by atoms with Crippen LogP contribution in [0.2, 0.25) is 0 Å². The average Bonchev–Trinajstić information content (AvgIpc) is 2.85. The molecule has 192 valence electrons. The van der Waals surface area contributed by atoms with Gasteiger partial charge in [-0.05, 0) is 79.3 Å². The monoisotopic (exact) mass is 483 g/mol. The summed E-state index contributed by atoms with van der Waals surface area (Å²) in [7, 11) is 0. The molecule has 7 heteroatoms. The minimum Gasteiger partial charge on any atom is -0.494 e. The van der Waals surface area contributed by atoms with Crippen LogP contribution in [0.1, 0.15) is 67.9 Å². The van der Waals surface area contributed by atoms with E-state index < -0.39 is 6.10 Å². The number of piperidine rings is 1. The molecule has 0 saturated carbocycles. The molecule has 2 aromatic rings. The van der Waals surface area contributed by atoms with Gasteiger partial charge >= 0.3 is 0 Å². The fraction of sp³-hybridized carbons (Fsp3) is 0.571. The molecule has 1 fully saturated rings. The summed E-state index contributed by atoms with van der Waals surface area (Å²) in [4.78, 5) is 19.4. The van der Waals surface area contributed by atoms with Gasteiger partial charge in [-0.15, -0.1) is 0 Å². The van der Waals surface area contributed by atoms with E-state index in [0.29, 0.717) is 18.1 Å². The highest BCUT2D eigenvalue weighted by Gasteiger charge is 2.21. The molecule has 1 amide bonds. The van der Waals surface area contributed by atoms with Crippen molar-refractivity contribution in [3.63, 3.8) is 0 Å². The predicted molar refractivity (Wildman–Crippen MR) is 139 cm³/mol. The van der Waals surface area contributed by atoms with E-state index in [0.717, 1.165) is 43.1 Å². The topological polar surface area (TPSA) is 94.9 Å². The summed E-state index contributed by atoms with van der Waals surface area (Å²) < 4.78 is 5.93. The third kappa shape index (κ3) is 7.94. The second-order valence-corrected chi connectivity index (χ2v) is 10.6. The fourth-order valence-corrected chi connectivity index (χ4v) is 4.38. The number of ether oxygens (including phenoxy) is 1. The van der Waals surface area contributed by atoms with Crippen molar-refractivity contribution in [1.29, 1.82) is 0 Å². The second kappa shape index (κ2) is 12.4. The summed E-state index contributed by atoms with van der Waals surface area (Å²) in [6, 6.07) is 9.77. The molecule has 0 aliphatic carbocycles. The Morgan fingerprint density at radius 1 is 1.23 bits per heavy atom. The van der Waals surface area contributed by atoms with Gasteiger partial charge in [-0.3, -0.25) is 4.79 Å². The largest absolute Gasteiger partial charge is 0.494 e. The van der Waals surface area contributed by atoms with E-state index in [9.17, 15) is 9.90 Å². The first-order valence-electron chi connectivity index (χ1n) is 12.7. The van der Waals surface area contributed by atoms with Crippen LogP contribution < -0.4 is 15.0 Å². The van der Waals surface area contributed by atoms with Crippen molar-refractivity contribution in [3.05, 3.63) is 53.2 Å². The molecule has 35 heavy (non-hydrogen) atoms. The normalized spacial score (nSPS) is 15.7. The van der Waals surface area contributed by atoms with Crippen LogP contribution in [0.15, 0.2) is 36.5 Å². The zero-order valence-corrected chi connectivity index (χ0v) is 21.6. The Morgan fingerprint density at radius 3 is 2.57 bits per heavy atom. The van der Waals surface area contributed by atoms with E-state index in [1.54, 1.807) is 12.1 Å². The Morgan fingerprint density at radius 2 is 1.97 bits per heavy atom. The number of nitrogens with one attached hydrogen (secondary N) is 1. The smallest absolute Gasteiger partial charge is 0.251 e. The van der Waals surface area contributed by atoms with Crippen molar-refractivity contribution < 1.29 is 19.7 Å². The predicted octanol–water partition coefficient (Wildman–Crippen LogP) is 3.85. The molecule has 3 N–H and O–H groups in total. The second-order valence-electron chi connectivity index (χ2n) is 10.6. The highest BCUT2D eigenvalue weighted by molar-refractivity contribution is 5.95. The van der Waals surface area contributed by atoms with E-state index in [-0.39, 0.29) is 24.5 Å². The molecule has 1 atom stereocenters. The maximum absolute atomic E-state index is 12.2. The van der Waals surface area contributed by atoms with Gasteiger partial charge in [0.25, 0.3) is 5.91 Å². The van der Waals surface area contributed by atoms with Gasteiger partial charge in [0.15, 0.2) is 0 Å². The molecule has 1 aliphatic heterocycles. The Hall–Kier alpha value is -2.64. The molecule has 0 radical (unpaired) electrons. The SMILES string of the molecule is Cc1cc(OCCCC2CCN(c3ccc(C(C)(C)C)cn3)CC2)ccc1C(=O)NC[C@H](O)CO. The zero-order valence-electron chi connectivity index (χ0n) is 21.6. The molecule has 1 aliphatic rings. The number of aliphatic hydroxyl groups is 2. The Kier molecular flexibility index (Phi) is 9.52. The zero-order chi connectivity index (χ0) is 25.4. The Labute approximate surface area is 209 Å². The average molecular weight is 484 g/mol. The molecular formula is C28H41N3O4. The molecule has 0 spiro atoms. The van der Waals surface area contributed by atoms with E-state index in [4.69, 9.17) is 14.8 Å². The van der Waals surface area contributed by atoms with Crippen molar-refractivity contribution >= 4 is 11.7 Å². The number of carbonyl (C=O) groups is 1. The molecule has 1 aromatic carbocycles. The number of hydrogen-bond acceptors (Lipinski definition) is 6. The summed E-state index contributed by atoms with van der Waals surface area (Å²) in [6.07, 6.45) is 5.57. The number of aryl methyl sites for hydroxylation is 1. The number of aliphatic hydroxyl groups excluding tert-OH is 2. The number of nitrogens with zero attached hydrogens (tertiary/aromatic N) is 2. The number of carbonyl (C=O) groups excluding carboxylic acids is 1. The maximum Gasteiger partial charge on any atom is 0.251 e. The fourth-order valence-electron chi connectivity index (χ4n) is 4.38. The number of pyridine rings is 1. The van der Waals surface area contributed by atoms with Gasteiger partial charge in [0, 0.05) is 31.4 Å². The summed E-state index contributed by atoms with van der Waals surface area (Å²) in [5.74, 6) is 2.28. The van der Waals surface area contributed by atoms with Crippen LogP contribution in [0.3, 0.4) is 0 Å². The van der Waals surface area contributed by atoms with Gasteiger partial charge in [0.2, 0.25) is 0 Å². The minimum atomic E-state index is -0.953. The van der Waals surface area contributed by atoms with Crippen LogP contribution in [0.5, 0.6) is 5.75 Å². The first-order chi connectivity index (χ1) is 16.7. The standard InChI is InChI=1S/C28H41N3O4/c1-20-16-24(8-9-25(20)27(34)30-18-23(33)19-32)35-15-5-6-21-11-13-31(14-12-21)26-10-7-22(17-29-26)28(2,3)4/h7-10,16-17,21,23,32-33H,5-6,11-15,18-19H2,1-4H3,(H,30,34)/t23-/m0/s1. The Bertz CT molecular complexity index is 948. The maximum atomic E-state index is 12.2. The van der Waals surface area contributed by atoms with Crippen molar-refractivity contribution in [2.45, 2.75) is 64.9 Å². The van der Waals surface area contributed by atoms with Crippen LogP contribution in [-0.2, 0) is 5.41 Å². The molecular weight excluding hydrogens is 442 g/mol. The lowest BCUT2D eigenvalue weighted by Gasteiger charge is -2.33. The van der Waals surface area contributed by atoms with Crippen LogP contribution in [0.4, 0.5) is 5.82 Å². The van der Waals surface area contributed by atoms with Crippen molar-refractivity contribution in [1.82, 2.24) is 10.3 Å². The number of rotatable bonds is 10. The summed E-state index contributed by atoms with van der Waals surface area (Å²) >= 11 is 0. The van der Waals surface area contributed by atoms with Crippen LogP contribution in [0, 0.1) is 12.8 Å². The van der Waals surface area contributed by atoms with Gasteiger partial charge in [-0.25, -0.2) is 4.98 Å². The van der Waals surface area contributed by atoms with Crippen molar-refractivity contribution in [2.75, 3.05) is 37.7 Å². The summed E-state index contributed by atoms with van der Waals surface area (Å²) in [5.41, 5.74) is 2.75. The van der Waals surface area contributed by atoms with E-state index in [1.807, 2.05) is 19.2 Å². The van der Waals surface area contributed by atoms with Crippen LogP contribution >= 0.6 is 0 Å². The lowest BCUT2D eigenvalue weighted by molar-refractivity contribution is 0.0801. The minimum absolute atomic E-state index is 0.0198. The molecule has 3 rings (SSSR count). The number of amides is 1. The van der Waals surface area contributed by atoms with Gasteiger partial charge in [0.05, 0.1) is 19.3 Å². The van der Waals surface area contributed by atoms with Crippen molar-refractivity contribution in [3.8, 4) is 5.75 Å². The van der Waals surface area contributed by atoms with Crippen molar-refractivity contribution in [2.24, 2.45) is 5.92 Å². The Balaban J connectivity index is 1.37. The molecule has 0 unspecified atom stereocenters. The van der Waals surface area contributed by atoms with Gasteiger partial charge in [0.1, 0.15) is 11.6 Å². The first kappa shape index (κ1) is 27.0. The van der Waals surface area contributed by atoms with Gasteiger partial charge in [-0.1, -0.05) is 26.8 Å². The highest BCUT2D eigenvalue weighted by Crippen LogP contribution is 2.27. The third-order valence-corrected chi connectivity index (χ3v) is 6.73. The highest BCUT2D eigenvalue weighted by atomic mass is 16.5. The van der Waals surface area contributed by atoms with Gasteiger partial charge in [-0.2, -0.15) is 0 Å². The van der Waals surface area contributed by atoms with Crippen LogP contribution in [0.25, 0.3) is 0 Å². The van der Waals surface area contributed by atoms with E-state index >= 15 is 0 Å². The lowest BCUT2D eigenvalue weighted by Crippen LogP contribution is -2.34. The lowest BCUT2D eigenvalue weighted by atomic mass is 9.88. The molecule has 1 aromatic heterocycles. The molecule has 2 heterocycles. The van der Waals surface area contributed by atoms with Gasteiger partial charge < -0.3 is 25.2 Å². The van der Waals surface area contributed by atoms with Crippen LogP contribution in [-0.4, -0.2) is 60.1 Å². The molecule has 0 bridgehead atoms. The van der Waals surface area contributed by atoms with E-state index in [2.05, 4.69) is 43.1 Å². The summed E-state index contributed by atoms with van der Waals surface area (Å²) in [5, 5.41) is 20.9. The third-order valence-electron chi connectivity index (χ3n) is 6.73. The quantitative estimate of drug-likeness (QED) is 0.445. The number of anilines is 1. The summed E-state index contributed by atoms with van der Waals surface area (Å²) in [6.45, 7) is 10.9. The van der Waals surface area contributed by atoms with E-state index in [1.165, 1.54) is 18.4 Å².